The van der Waals surface area contributed by atoms with E-state index in [1.165, 1.54) is 11.1 Å². The third kappa shape index (κ3) is 2.11. The minimum Gasteiger partial charge on any atom is -0.264 e. The maximum Gasteiger partial charge on any atom is 0.0720 e. The van der Waals surface area contributed by atoms with E-state index in [2.05, 4.69) is 42.9 Å². The molecule has 16 heavy (non-hydrogen) atoms. The lowest BCUT2D eigenvalue weighted by molar-refractivity contribution is 0.859. The van der Waals surface area contributed by atoms with E-state index in [-0.39, 0.29) is 0 Å². The fraction of sp³-hybridized carbons (Fsp3) is 0.286. The molecule has 0 aliphatic rings. The fourth-order valence-corrected chi connectivity index (χ4v) is 1.64. The summed E-state index contributed by atoms with van der Waals surface area (Å²) in [7, 11) is 0. The van der Waals surface area contributed by atoms with Crippen LogP contribution in [0, 0.1) is 6.92 Å². The van der Waals surface area contributed by atoms with Gasteiger partial charge in [0.15, 0.2) is 0 Å². The van der Waals surface area contributed by atoms with Crippen molar-refractivity contribution in [3.8, 4) is 11.3 Å². The number of pyridine rings is 2. The number of rotatable bonds is 2. The SMILES string of the molecule is Cc1ccncc1-c1ccc(C(C)C)cn1. The minimum atomic E-state index is 0.525. The molecule has 0 amide bonds. The number of aryl methyl sites for hydroxylation is 1. The molecule has 82 valence electrons. The van der Waals surface area contributed by atoms with Crippen molar-refractivity contribution in [3.05, 3.63) is 47.9 Å². The van der Waals surface area contributed by atoms with Gasteiger partial charge in [-0.15, -0.1) is 0 Å². The van der Waals surface area contributed by atoms with Crippen LogP contribution in [0.15, 0.2) is 36.8 Å². The summed E-state index contributed by atoms with van der Waals surface area (Å²) in [4.78, 5) is 8.63. The largest absolute Gasteiger partial charge is 0.264 e. The summed E-state index contributed by atoms with van der Waals surface area (Å²) in [6.45, 7) is 6.42. The molecule has 0 aliphatic carbocycles. The quantitative estimate of drug-likeness (QED) is 0.760. The summed E-state index contributed by atoms with van der Waals surface area (Å²) >= 11 is 0. The van der Waals surface area contributed by atoms with Gasteiger partial charge in [-0.25, -0.2) is 0 Å². The molecular weight excluding hydrogens is 196 g/mol. The first kappa shape index (κ1) is 10.8. The van der Waals surface area contributed by atoms with Crippen LogP contribution < -0.4 is 0 Å². The number of aromatic nitrogens is 2. The average molecular weight is 212 g/mol. The van der Waals surface area contributed by atoms with E-state index in [9.17, 15) is 0 Å². The first-order chi connectivity index (χ1) is 7.68. The minimum absolute atomic E-state index is 0.525. The highest BCUT2D eigenvalue weighted by Crippen LogP contribution is 2.21. The highest BCUT2D eigenvalue weighted by atomic mass is 14.7. The van der Waals surface area contributed by atoms with Gasteiger partial charge in [0.1, 0.15) is 0 Å². The Morgan fingerprint density at radius 1 is 1.06 bits per heavy atom. The molecule has 0 saturated heterocycles. The first-order valence-corrected chi connectivity index (χ1v) is 5.55. The van der Waals surface area contributed by atoms with Crippen LogP contribution in [0.25, 0.3) is 11.3 Å². The lowest BCUT2D eigenvalue weighted by Crippen LogP contribution is -1.92. The number of nitrogens with zero attached hydrogens (tertiary/aromatic N) is 2. The Hall–Kier alpha value is -1.70. The van der Waals surface area contributed by atoms with Gasteiger partial charge in [-0.1, -0.05) is 19.9 Å². The molecule has 2 nitrogen and oxygen atoms in total. The molecule has 0 fully saturated rings. The topological polar surface area (TPSA) is 25.8 Å². The summed E-state index contributed by atoms with van der Waals surface area (Å²) in [5.74, 6) is 0.525. The van der Waals surface area contributed by atoms with Gasteiger partial charge in [-0.2, -0.15) is 0 Å². The van der Waals surface area contributed by atoms with Crippen LogP contribution in [-0.2, 0) is 0 Å². The third-order valence-corrected chi connectivity index (χ3v) is 2.77. The molecule has 2 heteroatoms. The highest BCUT2D eigenvalue weighted by Gasteiger charge is 2.04. The van der Waals surface area contributed by atoms with Gasteiger partial charge in [-0.05, 0) is 36.1 Å². The predicted octanol–water partition coefficient (Wildman–Crippen LogP) is 3.58. The summed E-state index contributed by atoms with van der Waals surface area (Å²) in [6, 6.07) is 6.21. The van der Waals surface area contributed by atoms with E-state index >= 15 is 0 Å². The molecule has 0 unspecified atom stereocenters. The average Bonchev–Trinajstić information content (AvgIpc) is 2.30. The molecule has 0 aliphatic heterocycles. The van der Waals surface area contributed by atoms with Crippen molar-refractivity contribution in [1.82, 2.24) is 9.97 Å². The molecular formula is C14H16N2. The third-order valence-electron chi connectivity index (χ3n) is 2.77. The maximum atomic E-state index is 4.49. The Bertz CT molecular complexity index is 472. The second-order valence-electron chi connectivity index (χ2n) is 4.32. The van der Waals surface area contributed by atoms with Gasteiger partial charge in [0.2, 0.25) is 0 Å². The molecule has 0 N–H and O–H groups in total. The number of hydrogen-bond donors (Lipinski definition) is 0. The van der Waals surface area contributed by atoms with Gasteiger partial charge in [-0.3, -0.25) is 9.97 Å². The van der Waals surface area contributed by atoms with Crippen molar-refractivity contribution in [2.24, 2.45) is 0 Å². The zero-order chi connectivity index (χ0) is 11.5. The van der Waals surface area contributed by atoms with Crippen molar-refractivity contribution in [2.75, 3.05) is 0 Å². The summed E-state index contributed by atoms with van der Waals surface area (Å²) < 4.78 is 0. The second-order valence-corrected chi connectivity index (χ2v) is 4.32. The first-order valence-electron chi connectivity index (χ1n) is 5.55. The fourth-order valence-electron chi connectivity index (χ4n) is 1.64. The van der Waals surface area contributed by atoms with Gasteiger partial charge >= 0.3 is 0 Å². The Morgan fingerprint density at radius 3 is 2.44 bits per heavy atom. The Morgan fingerprint density at radius 2 is 1.88 bits per heavy atom. The monoisotopic (exact) mass is 212 g/mol. The summed E-state index contributed by atoms with van der Waals surface area (Å²) in [5, 5.41) is 0. The van der Waals surface area contributed by atoms with E-state index in [0.29, 0.717) is 5.92 Å². The zero-order valence-corrected chi connectivity index (χ0v) is 9.94. The van der Waals surface area contributed by atoms with Gasteiger partial charge in [0, 0.05) is 24.2 Å². The molecule has 0 aromatic carbocycles. The van der Waals surface area contributed by atoms with Gasteiger partial charge < -0.3 is 0 Å². The van der Waals surface area contributed by atoms with E-state index in [4.69, 9.17) is 0 Å². The molecule has 2 aromatic heterocycles. The Labute approximate surface area is 96.4 Å². The Balaban J connectivity index is 2.39. The van der Waals surface area contributed by atoms with Crippen molar-refractivity contribution >= 4 is 0 Å². The number of hydrogen-bond acceptors (Lipinski definition) is 2. The molecule has 2 rings (SSSR count). The lowest BCUT2D eigenvalue weighted by atomic mass is 10.0. The lowest BCUT2D eigenvalue weighted by Gasteiger charge is -2.07. The standard InChI is InChI=1S/C14H16N2/c1-10(2)12-4-5-14(16-8-12)13-9-15-7-6-11(13)3/h4-10H,1-3H3. The molecule has 2 heterocycles. The van der Waals surface area contributed by atoms with Crippen molar-refractivity contribution < 1.29 is 0 Å². The van der Waals surface area contributed by atoms with Crippen LogP contribution in [0.2, 0.25) is 0 Å². The zero-order valence-electron chi connectivity index (χ0n) is 9.94. The predicted molar refractivity (Wildman–Crippen MR) is 66.3 cm³/mol. The van der Waals surface area contributed by atoms with Crippen molar-refractivity contribution in [2.45, 2.75) is 26.7 Å². The van der Waals surface area contributed by atoms with Crippen LogP contribution in [0.1, 0.15) is 30.9 Å². The molecule has 0 saturated carbocycles. The molecule has 2 aromatic rings. The van der Waals surface area contributed by atoms with Crippen LogP contribution in [0.4, 0.5) is 0 Å². The molecule has 0 spiro atoms. The summed E-state index contributed by atoms with van der Waals surface area (Å²) in [5.41, 5.74) is 4.58. The van der Waals surface area contributed by atoms with E-state index in [1.807, 2.05) is 18.5 Å². The highest BCUT2D eigenvalue weighted by molar-refractivity contribution is 5.61. The van der Waals surface area contributed by atoms with Crippen LogP contribution in [0.3, 0.4) is 0 Å². The van der Waals surface area contributed by atoms with Crippen molar-refractivity contribution in [3.63, 3.8) is 0 Å². The van der Waals surface area contributed by atoms with E-state index < -0.39 is 0 Å². The normalized spacial score (nSPS) is 10.8. The summed E-state index contributed by atoms with van der Waals surface area (Å²) in [6.07, 6.45) is 5.63. The second kappa shape index (κ2) is 4.44. The van der Waals surface area contributed by atoms with Crippen LogP contribution >= 0.6 is 0 Å². The van der Waals surface area contributed by atoms with Crippen molar-refractivity contribution in [1.29, 1.82) is 0 Å². The van der Waals surface area contributed by atoms with Crippen LogP contribution in [0.5, 0.6) is 0 Å². The molecule has 0 atom stereocenters. The molecule has 0 radical (unpaired) electrons. The van der Waals surface area contributed by atoms with E-state index in [1.54, 1.807) is 6.20 Å². The van der Waals surface area contributed by atoms with Gasteiger partial charge in [0.05, 0.1) is 5.69 Å². The van der Waals surface area contributed by atoms with E-state index in [0.717, 1.165) is 11.3 Å². The smallest absolute Gasteiger partial charge is 0.0720 e. The van der Waals surface area contributed by atoms with Crippen LogP contribution in [-0.4, -0.2) is 9.97 Å². The molecule has 0 bridgehead atoms. The van der Waals surface area contributed by atoms with Gasteiger partial charge in [0.25, 0.3) is 0 Å². The Kier molecular flexibility index (Phi) is 3.00. The maximum absolute atomic E-state index is 4.49.